The van der Waals surface area contributed by atoms with Crippen LogP contribution in [0.15, 0.2) is 42.5 Å². The minimum Gasteiger partial charge on any atom is -0.494 e. The molecule has 1 N–H and O–H groups in total. The molecule has 0 radical (unpaired) electrons. The Morgan fingerprint density at radius 1 is 1.03 bits per heavy atom. The summed E-state index contributed by atoms with van der Waals surface area (Å²) < 4.78 is 9.99. The van der Waals surface area contributed by atoms with Gasteiger partial charge in [0.15, 0.2) is 6.61 Å². The maximum absolute atomic E-state index is 12.0. The average Bonchev–Trinajstić information content (AvgIpc) is 2.68. The van der Waals surface area contributed by atoms with Crippen LogP contribution >= 0.6 is 0 Å². The van der Waals surface area contributed by atoms with Crippen molar-refractivity contribution in [2.45, 2.75) is 13.3 Å². The molecule has 0 saturated heterocycles. The fourth-order valence-corrected chi connectivity index (χ4v) is 2.40. The number of carbonyl (C=O) groups excluding carboxylic acids is 2. The molecule has 0 aliphatic rings. The van der Waals surface area contributed by atoms with Crippen LogP contribution < -0.4 is 10.1 Å². The number of hydrogen-bond donors (Lipinski definition) is 1. The number of nitro benzene ring substituents is 2. The maximum Gasteiger partial charge on any atom is 0.311 e. The zero-order valence-electron chi connectivity index (χ0n) is 15.3. The highest BCUT2D eigenvalue weighted by atomic mass is 16.6. The number of hydrogen-bond acceptors (Lipinski definition) is 8. The van der Waals surface area contributed by atoms with Gasteiger partial charge in [-0.05, 0) is 19.1 Å². The van der Waals surface area contributed by atoms with E-state index in [9.17, 15) is 29.8 Å². The predicted molar refractivity (Wildman–Crippen MR) is 101 cm³/mol. The monoisotopic (exact) mass is 403 g/mol. The molecule has 11 heteroatoms. The van der Waals surface area contributed by atoms with E-state index in [0.29, 0.717) is 6.61 Å². The Hall–Kier alpha value is -4.02. The van der Waals surface area contributed by atoms with Crippen LogP contribution in [0.4, 0.5) is 17.1 Å². The van der Waals surface area contributed by atoms with Crippen molar-refractivity contribution in [2.75, 3.05) is 18.5 Å². The first-order valence-corrected chi connectivity index (χ1v) is 8.40. The van der Waals surface area contributed by atoms with Gasteiger partial charge in [0.1, 0.15) is 11.4 Å². The minimum absolute atomic E-state index is 0.0850. The fourth-order valence-electron chi connectivity index (χ4n) is 2.40. The lowest BCUT2D eigenvalue weighted by molar-refractivity contribution is -0.385. The molecule has 0 aliphatic heterocycles. The molecule has 2 rings (SSSR count). The Balaban J connectivity index is 1.97. The quantitative estimate of drug-likeness (QED) is 0.381. The summed E-state index contributed by atoms with van der Waals surface area (Å²) in [6.07, 6.45) is -0.395. The van der Waals surface area contributed by atoms with Gasteiger partial charge in [-0.2, -0.15) is 0 Å². The van der Waals surface area contributed by atoms with Crippen LogP contribution in [0.2, 0.25) is 0 Å². The molecule has 0 saturated carbocycles. The van der Waals surface area contributed by atoms with E-state index in [1.807, 2.05) is 0 Å². The van der Waals surface area contributed by atoms with Gasteiger partial charge in [-0.15, -0.1) is 0 Å². The van der Waals surface area contributed by atoms with E-state index in [4.69, 9.17) is 9.47 Å². The van der Waals surface area contributed by atoms with Crippen LogP contribution in [0, 0.1) is 20.2 Å². The summed E-state index contributed by atoms with van der Waals surface area (Å²) in [6.45, 7) is 1.34. The molecule has 2 aromatic carbocycles. The predicted octanol–water partition coefficient (Wildman–Crippen LogP) is 2.63. The number of nitrogens with zero attached hydrogens (tertiary/aromatic N) is 2. The van der Waals surface area contributed by atoms with Crippen molar-refractivity contribution < 1.29 is 28.9 Å². The summed E-state index contributed by atoms with van der Waals surface area (Å²) in [5.74, 6) is -1.38. The first kappa shape index (κ1) is 21.3. The van der Waals surface area contributed by atoms with Gasteiger partial charge in [0, 0.05) is 11.6 Å². The van der Waals surface area contributed by atoms with Crippen molar-refractivity contribution in [2.24, 2.45) is 0 Å². The number of carbonyl (C=O) groups is 2. The zero-order valence-corrected chi connectivity index (χ0v) is 15.3. The normalized spacial score (nSPS) is 10.1. The molecule has 0 aromatic heterocycles. The highest BCUT2D eigenvalue weighted by Gasteiger charge is 2.20. The molecule has 152 valence electrons. The van der Waals surface area contributed by atoms with Crippen LogP contribution in [0.3, 0.4) is 0 Å². The molecule has 0 bridgehead atoms. The Morgan fingerprint density at radius 3 is 2.38 bits per heavy atom. The highest BCUT2D eigenvalue weighted by Crippen LogP contribution is 2.29. The van der Waals surface area contributed by atoms with Crippen molar-refractivity contribution in [3.05, 3.63) is 68.3 Å². The Bertz CT molecular complexity index is 944. The second-order valence-corrected chi connectivity index (χ2v) is 5.64. The lowest BCUT2D eigenvalue weighted by atomic mass is 10.1. The SMILES string of the molecule is CCOc1ccc(NC(=O)COC(=O)Cc2ccccc2[N+](=O)[O-])c([N+](=O)[O-])c1. The van der Waals surface area contributed by atoms with E-state index >= 15 is 0 Å². The second kappa shape index (κ2) is 9.78. The third kappa shape index (κ3) is 5.99. The maximum atomic E-state index is 12.0. The summed E-state index contributed by atoms with van der Waals surface area (Å²) in [5, 5.41) is 24.4. The van der Waals surface area contributed by atoms with E-state index in [0.717, 1.165) is 0 Å². The highest BCUT2D eigenvalue weighted by molar-refractivity contribution is 5.95. The fraction of sp³-hybridized carbons (Fsp3) is 0.222. The topological polar surface area (TPSA) is 151 Å². The van der Waals surface area contributed by atoms with E-state index in [1.165, 1.54) is 42.5 Å². The molecular formula is C18H17N3O8. The lowest BCUT2D eigenvalue weighted by Crippen LogP contribution is -2.22. The number of ether oxygens (including phenoxy) is 2. The molecule has 29 heavy (non-hydrogen) atoms. The van der Waals surface area contributed by atoms with Gasteiger partial charge in [0.2, 0.25) is 0 Å². The average molecular weight is 403 g/mol. The van der Waals surface area contributed by atoms with Gasteiger partial charge >= 0.3 is 5.97 Å². The van der Waals surface area contributed by atoms with Crippen molar-refractivity contribution in [1.29, 1.82) is 0 Å². The molecule has 0 aliphatic carbocycles. The number of rotatable bonds is 9. The lowest BCUT2D eigenvalue weighted by Gasteiger charge is -2.09. The number of nitro groups is 2. The van der Waals surface area contributed by atoms with Crippen molar-refractivity contribution in [1.82, 2.24) is 0 Å². The van der Waals surface area contributed by atoms with Gasteiger partial charge in [-0.1, -0.05) is 18.2 Å². The standard InChI is InChI=1S/C18H17N3O8/c1-2-28-13-7-8-14(16(10-13)21(26)27)19-17(22)11-29-18(23)9-12-5-3-4-6-15(12)20(24)25/h3-8,10H,2,9,11H2,1H3,(H,19,22). The summed E-state index contributed by atoms with van der Waals surface area (Å²) >= 11 is 0. The van der Waals surface area contributed by atoms with Crippen LogP contribution in [0.1, 0.15) is 12.5 Å². The van der Waals surface area contributed by atoms with Crippen molar-refractivity contribution in [3.8, 4) is 5.75 Å². The van der Waals surface area contributed by atoms with Gasteiger partial charge in [0.25, 0.3) is 17.3 Å². The molecule has 0 unspecified atom stereocenters. The molecule has 0 atom stereocenters. The van der Waals surface area contributed by atoms with Crippen LogP contribution in [0.25, 0.3) is 0 Å². The number of anilines is 1. The number of benzene rings is 2. The molecule has 0 heterocycles. The molecular weight excluding hydrogens is 386 g/mol. The summed E-state index contributed by atoms with van der Waals surface area (Å²) in [7, 11) is 0. The van der Waals surface area contributed by atoms with Gasteiger partial charge in [-0.25, -0.2) is 0 Å². The minimum atomic E-state index is -0.851. The molecule has 2 aromatic rings. The first-order chi connectivity index (χ1) is 13.8. The van der Waals surface area contributed by atoms with Crippen LogP contribution in [0.5, 0.6) is 5.75 Å². The first-order valence-electron chi connectivity index (χ1n) is 8.40. The third-order valence-electron chi connectivity index (χ3n) is 3.64. The van der Waals surface area contributed by atoms with Crippen molar-refractivity contribution in [3.63, 3.8) is 0 Å². The van der Waals surface area contributed by atoms with Crippen LogP contribution in [-0.4, -0.2) is 34.9 Å². The Labute approximate surface area is 164 Å². The summed E-state index contributed by atoms with van der Waals surface area (Å²) in [5.41, 5.74) is -0.558. The van der Waals surface area contributed by atoms with E-state index in [-0.39, 0.29) is 28.4 Å². The number of amides is 1. The van der Waals surface area contributed by atoms with Gasteiger partial charge < -0.3 is 14.8 Å². The zero-order chi connectivity index (χ0) is 21.4. The van der Waals surface area contributed by atoms with Gasteiger partial charge in [-0.3, -0.25) is 29.8 Å². The smallest absolute Gasteiger partial charge is 0.311 e. The van der Waals surface area contributed by atoms with Crippen LogP contribution in [-0.2, 0) is 20.7 Å². The Morgan fingerprint density at radius 2 is 1.72 bits per heavy atom. The third-order valence-corrected chi connectivity index (χ3v) is 3.64. The van der Waals surface area contributed by atoms with Crippen molar-refractivity contribution >= 4 is 28.9 Å². The summed E-state index contributed by atoms with van der Waals surface area (Å²) in [6, 6.07) is 9.57. The number of para-hydroxylation sites is 1. The van der Waals surface area contributed by atoms with E-state index in [2.05, 4.69) is 5.32 Å². The second-order valence-electron chi connectivity index (χ2n) is 5.64. The number of nitrogens with one attached hydrogen (secondary N) is 1. The van der Waals surface area contributed by atoms with E-state index < -0.39 is 34.8 Å². The molecule has 1 amide bonds. The molecule has 0 spiro atoms. The number of esters is 1. The summed E-state index contributed by atoms with van der Waals surface area (Å²) in [4.78, 5) is 44.7. The van der Waals surface area contributed by atoms with Gasteiger partial charge in [0.05, 0.1) is 28.9 Å². The largest absolute Gasteiger partial charge is 0.494 e. The molecule has 0 fully saturated rings. The molecule has 11 nitrogen and oxygen atoms in total. The van der Waals surface area contributed by atoms with E-state index in [1.54, 1.807) is 6.92 Å². The Kier molecular flexibility index (Phi) is 7.18.